The molecule has 0 amide bonds. The molecule has 0 bridgehead atoms. The molecular formula is C13H12F2N4O. The van der Waals surface area contributed by atoms with Gasteiger partial charge in [0.05, 0.1) is 0 Å². The third-order valence-corrected chi connectivity index (χ3v) is 2.87. The summed E-state index contributed by atoms with van der Waals surface area (Å²) in [5, 5.41) is 0. The number of benzene rings is 1. The molecule has 1 aliphatic rings. The molecule has 1 aromatic heterocycles. The number of hydrogen-bond acceptors (Lipinski definition) is 5. The fourth-order valence-corrected chi connectivity index (χ4v) is 1.80. The smallest absolute Gasteiger partial charge is 0.224 e. The van der Waals surface area contributed by atoms with Crippen LogP contribution < -0.4 is 16.0 Å². The summed E-state index contributed by atoms with van der Waals surface area (Å²) in [5.41, 5.74) is 2.42. The van der Waals surface area contributed by atoms with Crippen molar-refractivity contribution in [2.45, 2.75) is 18.8 Å². The number of rotatable bonds is 4. The lowest BCUT2D eigenvalue weighted by atomic mass is 10.3. The van der Waals surface area contributed by atoms with E-state index in [1.54, 1.807) is 0 Å². The highest BCUT2D eigenvalue weighted by Gasteiger charge is 2.27. The summed E-state index contributed by atoms with van der Waals surface area (Å²) in [4.78, 5) is 8.44. The highest BCUT2D eigenvalue weighted by Crippen LogP contribution is 2.39. The Morgan fingerprint density at radius 3 is 2.40 bits per heavy atom. The fraction of sp³-hybridized carbons (Fsp3) is 0.231. The Morgan fingerprint density at radius 2 is 1.80 bits per heavy atom. The van der Waals surface area contributed by atoms with E-state index in [0.717, 1.165) is 31.0 Å². The summed E-state index contributed by atoms with van der Waals surface area (Å²) in [6.07, 6.45) is 2.03. The highest BCUT2D eigenvalue weighted by molar-refractivity contribution is 5.40. The van der Waals surface area contributed by atoms with Gasteiger partial charge in [0.25, 0.3) is 0 Å². The molecule has 0 spiro atoms. The van der Waals surface area contributed by atoms with Gasteiger partial charge < -0.3 is 10.2 Å². The van der Waals surface area contributed by atoms with Crippen molar-refractivity contribution in [3.05, 3.63) is 41.7 Å². The second-order valence-electron chi connectivity index (χ2n) is 4.58. The van der Waals surface area contributed by atoms with Gasteiger partial charge in [-0.25, -0.2) is 19.6 Å². The number of nitrogens with one attached hydrogen (secondary N) is 1. The van der Waals surface area contributed by atoms with Crippen LogP contribution in [0.4, 0.5) is 14.6 Å². The fourth-order valence-electron chi connectivity index (χ4n) is 1.80. The van der Waals surface area contributed by atoms with Crippen LogP contribution in [0.2, 0.25) is 0 Å². The number of anilines is 1. The van der Waals surface area contributed by atoms with Gasteiger partial charge in [0.15, 0.2) is 0 Å². The van der Waals surface area contributed by atoms with Crippen LogP contribution in [-0.2, 0) is 0 Å². The van der Waals surface area contributed by atoms with Gasteiger partial charge in [0.2, 0.25) is 5.88 Å². The van der Waals surface area contributed by atoms with Crippen LogP contribution in [0.1, 0.15) is 24.6 Å². The van der Waals surface area contributed by atoms with Crippen molar-refractivity contribution in [3.63, 3.8) is 0 Å². The minimum atomic E-state index is -0.714. The van der Waals surface area contributed by atoms with Crippen molar-refractivity contribution in [1.82, 2.24) is 9.97 Å². The SMILES string of the molecule is NNc1cc(Oc2cc(F)cc(F)c2)nc(C2CC2)n1. The van der Waals surface area contributed by atoms with Gasteiger partial charge in [-0.2, -0.15) is 4.98 Å². The van der Waals surface area contributed by atoms with Crippen molar-refractivity contribution in [1.29, 1.82) is 0 Å². The summed E-state index contributed by atoms with van der Waals surface area (Å²) < 4.78 is 31.6. The van der Waals surface area contributed by atoms with Gasteiger partial charge in [-0.15, -0.1) is 0 Å². The predicted octanol–water partition coefficient (Wildman–Crippen LogP) is 2.71. The van der Waals surface area contributed by atoms with Crippen molar-refractivity contribution in [2.24, 2.45) is 5.84 Å². The molecule has 7 heteroatoms. The molecule has 0 unspecified atom stereocenters. The first-order chi connectivity index (χ1) is 9.64. The zero-order valence-electron chi connectivity index (χ0n) is 10.4. The monoisotopic (exact) mass is 278 g/mol. The topological polar surface area (TPSA) is 73.1 Å². The molecule has 3 N–H and O–H groups in total. The molecule has 5 nitrogen and oxygen atoms in total. The van der Waals surface area contributed by atoms with Gasteiger partial charge in [-0.1, -0.05) is 0 Å². The Labute approximate surface area is 113 Å². The quantitative estimate of drug-likeness (QED) is 0.664. The Kier molecular flexibility index (Phi) is 3.19. The third kappa shape index (κ3) is 2.83. The van der Waals surface area contributed by atoms with Gasteiger partial charge in [-0.05, 0) is 12.8 Å². The van der Waals surface area contributed by atoms with E-state index in [2.05, 4.69) is 15.4 Å². The number of ether oxygens (including phenoxy) is 1. The van der Waals surface area contributed by atoms with Crippen LogP contribution in [0, 0.1) is 11.6 Å². The molecule has 1 saturated carbocycles. The van der Waals surface area contributed by atoms with Crippen LogP contribution in [0.3, 0.4) is 0 Å². The van der Waals surface area contributed by atoms with Gasteiger partial charge in [-0.3, -0.25) is 0 Å². The van der Waals surface area contributed by atoms with Crippen LogP contribution in [-0.4, -0.2) is 9.97 Å². The second kappa shape index (κ2) is 5.01. The van der Waals surface area contributed by atoms with Gasteiger partial charge in [0, 0.05) is 30.2 Å². The number of hydrazine groups is 1. The maximum atomic E-state index is 13.1. The van der Waals surface area contributed by atoms with Crippen LogP contribution in [0.5, 0.6) is 11.6 Å². The summed E-state index contributed by atoms with van der Waals surface area (Å²) >= 11 is 0. The molecule has 1 aliphatic carbocycles. The summed E-state index contributed by atoms with van der Waals surface area (Å²) in [7, 11) is 0. The van der Waals surface area contributed by atoms with E-state index in [4.69, 9.17) is 10.6 Å². The second-order valence-corrected chi connectivity index (χ2v) is 4.58. The number of nitrogens with zero attached hydrogens (tertiary/aromatic N) is 2. The molecule has 2 aromatic rings. The lowest BCUT2D eigenvalue weighted by molar-refractivity contribution is 0.448. The van der Waals surface area contributed by atoms with E-state index in [1.165, 1.54) is 6.07 Å². The Balaban J connectivity index is 1.90. The highest BCUT2D eigenvalue weighted by atomic mass is 19.1. The Hall–Kier alpha value is -2.28. The molecule has 3 rings (SSSR count). The maximum absolute atomic E-state index is 13.1. The standard InChI is InChI=1S/C13H12F2N4O/c14-8-3-9(15)5-10(4-8)20-12-6-11(19-16)17-13(18-12)7-1-2-7/h3-7H,1-2,16H2,(H,17,18,19). The summed E-state index contributed by atoms with van der Waals surface area (Å²) in [6.45, 7) is 0. The molecule has 0 saturated heterocycles. The molecule has 0 aliphatic heterocycles. The zero-order chi connectivity index (χ0) is 14.1. The number of hydrogen-bond donors (Lipinski definition) is 2. The number of nitrogens with two attached hydrogens (primary N) is 1. The molecule has 20 heavy (non-hydrogen) atoms. The first-order valence-corrected chi connectivity index (χ1v) is 6.13. The molecule has 1 aromatic carbocycles. The number of nitrogen functional groups attached to an aromatic ring is 1. The number of halogens is 2. The van der Waals surface area contributed by atoms with Crippen molar-refractivity contribution in [2.75, 3.05) is 5.43 Å². The molecule has 104 valence electrons. The minimum Gasteiger partial charge on any atom is -0.439 e. The van der Waals surface area contributed by atoms with Gasteiger partial charge >= 0.3 is 0 Å². The van der Waals surface area contributed by atoms with Crippen molar-refractivity contribution >= 4 is 5.82 Å². The van der Waals surface area contributed by atoms with Crippen LogP contribution >= 0.6 is 0 Å². The third-order valence-electron chi connectivity index (χ3n) is 2.87. The molecule has 1 heterocycles. The summed E-state index contributed by atoms with van der Waals surface area (Å²) in [6, 6.07) is 4.40. The van der Waals surface area contributed by atoms with Crippen LogP contribution in [0.25, 0.3) is 0 Å². The van der Waals surface area contributed by atoms with E-state index in [9.17, 15) is 8.78 Å². The first-order valence-electron chi connectivity index (χ1n) is 6.13. The largest absolute Gasteiger partial charge is 0.439 e. The molecule has 0 radical (unpaired) electrons. The average Bonchev–Trinajstić information content (AvgIpc) is 3.21. The first kappa shape index (κ1) is 12.7. The van der Waals surface area contributed by atoms with E-state index < -0.39 is 11.6 Å². The Bertz CT molecular complexity index is 626. The molecule has 1 fully saturated rings. The van der Waals surface area contributed by atoms with E-state index in [1.807, 2.05) is 0 Å². The van der Waals surface area contributed by atoms with E-state index >= 15 is 0 Å². The van der Waals surface area contributed by atoms with Crippen LogP contribution in [0.15, 0.2) is 24.3 Å². The van der Waals surface area contributed by atoms with Crippen molar-refractivity contribution < 1.29 is 13.5 Å². The normalized spacial score (nSPS) is 14.2. The number of aromatic nitrogens is 2. The lowest BCUT2D eigenvalue weighted by Crippen LogP contribution is -2.10. The van der Waals surface area contributed by atoms with E-state index in [-0.39, 0.29) is 11.6 Å². The Morgan fingerprint density at radius 1 is 1.10 bits per heavy atom. The zero-order valence-corrected chi connectivity index (χ0v) is 10.4. The minimum absolute atomic E-state index is 0.0333. The summed E-state index contributed by atoms with van der Waals surface area (Å²) in [5.74, 6) is 5.45. The average molecular weight is 278 g/mol. The van der Waals surface area contributed by atoms with E-state index in [0.29, 0.717) is 17.6 Å². The predicted molar refractivity (Wildman–Crippen MR) is 68.2 cm³/mol. The lowest BCUT2D eigenvalue weighted by Gasteiger charge is -2.08. The molecule has 0 atom stereocenters. The molecular weight excluding hydrogens is 266 g/mol. The van der Waals surface area contributed by atoms with Crippen molar-refractivity contribution in [3.8, 4) is 11.6 Å². The van der Waals surface area contributed by atoms with Gasteiger partial charge in [0.1, 0.15) is 29.0 Å². The maximum Gasteiger partial charge on any atom is 0.224 e.